The van der Waals surface area contributed by atoms with Crippen LogP contribution in [0.15, 0.2) is 18.2 Å². The molecule has 1 radical (unpaired) electrons. The van der Waals surface area contributed by atoms with Crippen molar-refractivity contribution in [2.24, 2.45) is 5.73 Å². The van der Waals surface area contributed by atoms with Crippen molar-refractivity contribution in [3.05, 3.63) is 23.8 Å². The van der Waals surface area contributed by atoms with Crippen LogP contribution in [0.25, 0.3) is 0 Å². The van der Waals surface area contributed by atoms with E-state index in [1.165, 1.54) is 0 Å². The number of benzene rings is 1. The van der Waals surface area contributed by atoms with Gasteiger partial charge in [-0.2, -0.15) is 0 Å². The first-order chi connectivity index (χ1) is 6.76. The molecule has 1 aromatic carbocycles. The molecule has 0 saturated carbocycles. The number of hydrogen-bond acceptors (Lipinski definition) is 4. The van der Waals surface area contributed by atoms with Crippen LogP contribution in [0.3, 0.4) is 0 Å². The Bertz CT molecular complexity index is 351. The molecule has 1 heterocycles. The van der Waals surface area contributed by atoms with Gasteiger partial charge >= 0.3 is 7.12 Å². The van der Waals surface area contributed by atoms with E-state index in [4.69, 9.17) is 10.4 Å². The maximum Gasteiger partial charge on any atom is 0.492 e. The molecule has 0 aromatic heterocycles. The molecule has 1 unspecified atom stereocenters. The summed E-state index contributed by atoms with van der Waals surface area (Å²) < 4.78 is 5.28. The van der Waals surface area contributed by atoms with Crippen molar-refractivity contribution in [1.82, 2.24) is 0 Å². The molecule has 0 bridgehead atoms. The summed E-state index contributed by atoms with van der Waals surface area (Å²) in [5, 5.41) is 12.6. The summed E-state index contributed by atoms with van der Waals surface area (Å²) in [5.41, 5.74) is 8.29. The van der Waals surface area contributed by atoms with Gasteiger partial charge in [-0.3, -0.25) is 0 Å². The number of anilines is 1. The molecule has 1 atom stereocenters. The summed E-state index contributed by atoms with van der Waals surface area (Å²) in [5.74, 6) is 0. The zero-order valence-corrected chi connectivity index (χ0v) is 11.1. The third kappa shape index (κ3) is 2.25. The van der Waals surface area contributed by atoms with E-state index in [-0.39, 0.29) is 26.5 Å². The molecule has 0 amide bonds. The minimum Gasteiger partial charge on any atom is -0.423 e. The minimum absolute atomic E-state index is 0. The molecule has 15 heavy (non-hydrogen) atoms. The molecule has 0 saturated heterocycles. The van der Waals surface area contributed by atoms with Crippen LogP contribution in [0.5, 0.6) is 0 Å². The fourth-order valence-electron chi connectivity index (χ4n) is 1.72. The topological polar surface area (TPSA) is 67.5 Å². The minimum atomic E-state index is -0.841. The van der Waals surface area contributed by atoms with Crippen molar-refractivity contribution < 1.29 is 30.1 Å². The van der Waals surface area contributed by atoms with Crippen LogP contribution < -0.4 is 16.5 Å². The van der Waals surface area contributed by atoms with Crippen LogP contribution >= 0.6 is 0 Å². The first kappa shape index (κ1) is 12.7. The van der Waals surface area contributed by atoms with Gasteiger partial charge in [-0.15, -0.1) is 0 Å². The van der Waals surface area contributed by atoms with Gasteiger partial charge in [0.1, 0.15) is 0 Å². The predicted octanol–water partition coefficient (Wildman–Crippen LogP) is -0.557. The predicted molar refractivity (Wildman–Crippen MR) is 56.5 cm³/mol. The second-order valence-electron chi connectivity index (χ2n) is 3.31. The van der Waals surface area contributed by atoms with Crippen molar-refractivity contribution in [1.29, 1.82) is 0 Å². The van der Waals surface area contributed by atoms with Crippen molar-refractivity contribution in [3.63, 3.8) is 0 Å². The molecule has 0 spiro atoms. The van der Waals surface area contributed by atoms with Gasteiger partial charge in [0.15, 0.2) is 0 Å². The Labute approximate surface area is 103 Å². The van der Waals surface area contributed by atoms with Crippen molar-refractivity contribution >= 4 is 18.3 Å². The molecule has 2 rings (SSSR count). The van der Waals surface area contributed by atoms with Crippen LogP contribution in [-0.4, -0.2) is 25.7 Å². The average molecular weight is 378 g/mol. The van der Waals surface area contributed by atoms with Gasteiger partial charge in [0, 0.05) is 39.7 Å². The van der Waals surface area contributed by atoms with E-state index in [9.17, 15) is 5.02 Å². The Morgan fingerprint density at radius 1 is 1.60 bits per heavy atom. The summed E-state index contributed by atoms with van der Waals surface area (Å²) in [6.45, 7) is 0.392. The standard InChI is InChI=1S/C9H13BN2O2.Re/c1-12-6-2-3-7-8(4-6)10(13)14-9(7)5-11;/h2-4,9,12-13H,5,11H2,1H3;. The molecule has 0 aliphatic carbocycles. The fourth-order valence-corrected chi connectivity index (χ4v) is 1.72. The Morgan fingerprint density at radius 2 is 2.33 bits per heavy atom. The molecule has 81 valence electrons. The first-order valence-corrected chi connectivity index (χ1v) is 4.61. The zero-order chi connectivity index (χ0) is 10.1. The smallest absolute Gasteiger partial charge is 0.423 e. The Hall–Kier alpha value is -0.373. The van der Waals surface area contributed by atoms with Gasteiger partial charge < -0.3 is 20.7 Å². The first-order valence-electron chi connectivity index (χ1n) is 4.61. The third-order valence-corrected chi connectivity index (χ3v) is 2.50. The molecular weight excluding hydrogens is 365 g/mol. The van der Waals surface area contributed by atoms with Crippen LogP contribution in [0, 0.1) is 0 Å². The second kappa shape index (κ2) is 5.11. The molecule has 0 fully saturated rings. The number of nitrogens with two attached hydrogens (primary N) is 1. The van der Waals surface area contributed by atoms with Crippen LogP contribution in [0.2, 0.25) is 0 Å². The average Bonchev–Trinajstić information content (AvgIpc) is 2.55. The SMILES string of the molecule is CNc1ccc2c(c1)B(O)OC2CN.[Re]. The maximum absolute atomic E-state index is 9.60. The molecule has 6 heteroatoms. The summed E-state index contributed by atoms with van der Waals surface area (Å²) in [6.07, 6.45) is -0.175. The Kier molecular flexibility index (Phi) is 4.32. The molecule has 4 nitrogen and oxygen atoms in total. The quantitative estimate of drug-likeness (QED) is 0.604. The number of fused-ring (bicyclic) bond motifs is 1. The number of hydrogen-bond donors (Lipinski definition) is 3. The van der Waals surface area contributed by atoms with Gasteiger partial charge in [-0.1, -0.05) is 6.07 Å². The van der Waals surface area contributed by atoms with Gasteiger partial charge in [0.2, 0.25) is 0 Å². The van der Waals surface area contributed by atoms with Crippen molar-refractivity contribution in [2.45, 2.75) is 6.10 Å². The Morgan fingerprint density at radius 3 is 2.93 bits per heavy atom. The van der Waals surface area contributed by atoms with E-state index in [1.807, 2.05) is 25.2 Å². The van der Waals surface area contributed by atoms with Crippen molar-refractivity contribution in [2.75, 3.05) is 18.9 Å². The monoisotopic (exact) mass is 379 g/mol. The number of nitrogens with one attached hydrogen (secondary N) is 1. The molecule has 1 aliphatic heterocycles. The Balaban J connectivity index is 0.00000112. The summed E-state index contributed by atoms with van der Waals surface area (Å²) >= 11 is 0. The van der Waals surface area contributed by atoms with E-state index >= 15 is 0 Å². The largest absolute Gasteiger partial charge is 0.492 e. The van der Waals surface area contributed by atoms with Gasteiger partial charge in [-0.25, -0.2) is 0 Å². The van der Waals surface area contributed by atoms with E-state index in [2.05, 4.69) is 5.32 Å². The van der Waals surface area contributed by atoms with E-state index in [0.29, 0.717) is 6.54 Å². The summed E-state index contributed by atoms with van der Waals surface area (Å²) in [4.78, 5) is 0. The van der Waals surface area contributed by atoms with E-state index in [0.717, 1.165) is 16.7 Å². The molecule has 4 N–H and O–H groups in total. The van der Waals surface area contributed by atoms with Crippen LogP contribution in [0.1, 0.15) is 11.7 Å². The zero-order valence-electron chi connectivity index (χ0n) is 8.40. The molecule has 1 aromatic rings. The van der Waals surface area contributed by atoms with Gasteiger partial charge in [-0.05, 0) is 23.2 Å². The summed E-state index contributed by atoms with van der Waals surface area (Å²) in [6, 6.07) is 5.77. The van der Waals surface area contributed by atoms with Crippen LogP contribution in [-0.2, 0) is 25.1 Å². The van der Waals surface area contributed by atoms with Gasteiger partial charge in [0.25, 0.3) is 0 Å². The van der Waals surface area contributed by atoms with Crippen LogP contribution in [0.4, 0.5) is 5.69 Å². The second-order valence-corrected chi connectivity index (χ2v) is 3.31. The van der Waals surface area contributed by atoms with E-state index in [1.54, 1.807) is 0 Å². The van der Waals surface area contributed by atoms with E-state index < -0.39 is 7.12 Å². The number of rotatable bonds is 2. The van der Waals surface area contributed by atoms with Crippen molar-refractivity contribution in [3.8, 4) is 0 Å². The maximum atomic E-state index is 9.60. The molecule has 1 aliphatic rings. The van der Waals surface area contributed by atoms with Gasteiger partial charge in [0.05, 0.1) is 6.10 Å². The third-order valence-electron chi connectivity index (χ3n) is 2.50. The fraction of sp³-hybridized carbons (Fsp3) is 0.333. The summed E-state index contributed by atoms with van der Waals surface area (Å²) in [7, 11) is 0.997. The molecular formula is C9H13BN2O2Re. The normalized spacial score (nSPS) is 18.3.